The zero-order chi connectivity index (χ0) is 15.1. The summed E-state index contributed by atoms with van der Waals surface area (Å²) in [6.45, 7) is 0. The molecule has 0 spiro atoms. The standard InChI is InChI=1S/C17H25N3OS/c1-18-13-7-12(8-13)16(21)20-17-19-9-15(22-17)14-6-10-2-4-11(14)5-3-10/h9-14,18H,2-8H2,1H3,(H,19,20,21)/t10?,11?,12?,13?,14-/m0/s1. The smallest absolute Gasteiger partial charge is 0.229 e. The molecule has 5 heteroatoms. The zero-order valence-corrected chi connectivity index (χ0v) is 14.0. The van der Waals surface area contributed by atoms with Crippen LogP contribution in [0.15, 0.2) is 6.20 Å². The van der Waals surface area contributed by atoms with Crippen LogP contribution in [0, 0.1) is 17.8 Å². The topological polar surface area (TPSA) is 54.0 Å². The summed E-state index contributed by atoms with van der Waals surface area (Å²) in [6, 6.07) is 0.514. The minimum Gasteiger partial charge on any atom is -0.317 e. The fraction of sp³-hybridized carbons (Fsp3) is 0.765. The van der Waals surface area contributed by atoms with E-state index in [4.69, 9.17) is 0 Å². The fourth-order valence-electron chi connectivity index (χ4n) is 4.52. The van der Waals surface area contributed by atoms with Crippen LogP contribution in [0.3, 0.4) is 0 Å². The summed E-state index contributed by atoms with van der Waals surface area (Å²) >= 11 is 1.71. The summed E-state index contributed by atoms with van der Waals surface area (Å²) in [4.78, 5) is 18.1. The summed E-state index contributed by atoms with van der Waals surface area (Å²) in [7, 11) is 1.96. The summed E-state index contributed by atoms with van der Waals surface area (Å²) in [6.07, 6.45) is 10.9. The first-order valence-corrected chi connectivity index (χ1v) is 9.48. The predicted octanol–water partition coefficient (Wildman–Crippen LogP) is 3.37. The number of nitrogens with zero attached hydrogens (tertiary/aromatic N) is 1. The van der Waals surface area contributed by atoms with Crippen LogP contribution in [-0.2, 0) is 4.79 Å². The maximum Gasteiger partial charge on any atom is 0.229 e. The second-order valence-electron chi connectivity index (χ2n) is 7.33. The van der Waals surface area contributed by atoms with Gasteiger partial charge in [-0.25, -0.2) is 4.98 Å². The van der Waals surface area contributed by atoms with Gasteiger partial charge in [-0.15, -0.1) is 11.3 Å². The number of anilines is 1. The fourth-order valence-corrected chi connectivity index (χ4v) is 5.54. The van der Waals surface area contributed by atoms with E-state index < -0.39 is 0 Å². The van der Waals surface area contributed by atoms with E-state index in [0.29, 0.717) is 12.0 Å². The number of hydrogen-bond donors (Lipinski definition) is 2. The molecular weight excluding hydrogens is 294 g/mol. The number of fused-ring (bicyclic) bond motifs is 3. The van der Waals surface area contributed by atoms with Crippen molar-refractivity contribution in [2.24, 2.45) is 17.8 Å². The van der Waals surface area contributed by atoms with Gasteiger partial charge in [0.15, 0.2) is 5.13 Å². The second kappa shape index (κ2) is 5.93. The Morgan fingerprint density at radius 1 is 1.23 bits per heavy atom. The van der Waals surface area contributed by atoms with Gasteiger partial charge in [0, 0.05) is 23.0 Å². The average molecular weight is 319 g/mol. The summed E-state index contributed by atoms with van der Waals surface area (Å²) < 4.78 is 0. The van der Waals surface area contributed by atoms with Gasteiger partial charge in [0.05, 0.1) is 0 Å². The molecule has 2 bridgehead atoms. The average Bonchev–Trinajstić information content (AvgIpc) is 2.95. The van der Waals surface area contributed by atoms with E-state index in [9.17, 15) is 4.79 Å². The molecule has 1 amide bonds. The van der Waals surface area contributed by atoms with E-state index in [1.165, 1.54) is 37.0 Å². The van der Waals surface area contributed by atoms with E-state index in [0.717, 1.165) is 29.8 Å². The first-order chi connectivity index (χ1) is 10.7. The largest absolute Gasteiger partial charge is 0.317 e. The Kier molecular flexibility index (Phi) is 3.95. The van der Waals surface area contributed by atoms with Crippen molar-refractivity contribution in [3.63, 3.8) is 0 Å². The summed E-state index contributed by atoms with van der Waals surface area (Å²) in [5.41, 5.74) is 0. The van der Waals surface area contributed by atoms with Crippen molar-refractivity contribution in [3.8, 4) is 0 Å². The van der Waals surface area contributed by atoms with Gasteiger partial charge in [-0.1, -0.05) is 12.8 Å². The number of thiazole rings is 1. The Morgan fingerprint density at radius 3 is 2.64 bits per heavy atom. The summed E-state index contributed by atoms with van der Waals surface area (Å²) in [5, 5.41) is 7.05. The second-order valence-corrected chi connectivity index (χ2v) is 8.40. The molecule has 4 saturated carbocycles. The lowest BCUT2D eigenvalue weighted by molar-refractivity contribution is -0.122. The van der Waals surface area contributed by atoms with Gasteiger partial charge in [-0.3, -0.25) is 4.79 Å². The van der Waals surface area contributed by atoms with Crippen LogP contribution in [0.4, 0.5) is 5.13 Å². The number of hydrogen-bond acceptors (Lipinski definition) is 4. The van der Waals surface area contributed by atoms with Crippen molar-refractivity contribution in [3.05, 3.63) is 11.1 Å². The van der Waals surface area contributed by atoms with E-state index >= 15 is 0 Å². The first kappa shape index (κ1) is 14.6. The molecule has 0 unspecified atom stereocenters. The van der Waals surface area contributed by atoms with Crippen LogP contribution < -0.4 is 10.6 Å². The van der Waals surface area contributed by atoms with Gasteiger partial charge in [0.25, 0.3) is 0 Å². The molecule has 4 aliphatic carbocycles. The monoisotopic (exact) mass is 319 g/mol. The minimum atomic E-state index is 0.151. The molecule has 120 valence electrons. The molecule has 0 aromatic carbocycles. The third kappa shape index (κ3) is 2.69. The molecule has 5 rings (SSSR count). The van der Waals surface area contributed by atoms with Crippen molar-refractivity contribution in [1.29, 1.82) is 0 Å². The van der Waals surface area contributed by atoms with E-state index in [1.807, 2.05) is 13.2 Å². The lowest BCUT2D eigenvalue weighted by Gasteiger charge is -2.41. The Bertz CT molecular complexity index is 544. The van der Waals surface area contributed by atoms with Crippen LogP contribution in [-0.4, -0.2) is 24.0 Å². The minimum absolute atomic E-state index is 0.151. The lowest BCUT2D eigenvalue weighted by atomic mass is 9.64. The van der Waals surface area contributed by atoms with Crippen LogP contribution in [0.5, 0.6) is 0 Å². The number of rotatable bonds is 4. The quantitative estimate of drug-likeness (QED) is 0.894. The number of aromatic nitrogens is 1. The van der Waals surface area contributed by atoms with Gasteiger partial charge in [0.1, 0.15) is 0 Å². The Balaban J connectivity index is 1.37. The van der Waals surface area contributed by atoms with Gasteiger partial charge in [0.2, 0.25) is 5.91 Å². The number of nitrogens with one attached hydrogen (secondary N) is 2. The number of amides is 1. The molecule has 4 aliphatic rings. The Morgan fingerprint density at radius 2 is 2.00 bits per heavy atom. The highest BCUT2D eigenvalue weighted by Crippen LogP contribution is 2.50. The molecule has 4 fully saturated rings. The molecule has 4 nitrogen and oxygen atoms in total. The molecule has 1 aromatic rings. The molecule has 2 N–H and O–H groups in total. The van der Waals surface area contributed by atoms with Crippen LogP contribution in [0.25, 0.3) is 0 Å². The lowest BCUT2D eigenvalue weighted by Crippen LogP contribution is -2.44. The first-order valence-electron chi connectivity index (χ1n) is 8.66. The summed E-state index contributed by atoms with van der Waals surface area (Å²) in [5.74, 6) is 2.81. The number of carbonyl (C=O) groups excluding carboxylic acids is 1. The van der Waals surface area contributed by atoms with Crippen molar-refractivity contribution in [2.45, 2.75) is 56.9 Å². The molecule has 1 heterocycles. The SMILES string of the molecule is CNC1CC(C(=O)Nc2ncc([C@H]3CC4CCC3CC4)s2)C1. The molecular formula is C17H25N3OS. The highest BCUT2D eigenvalue weighted by Gasteiger charge is 2.37. The zero-order valence-electron chi connectivity index (χ0n) is 13.2. The third-order valence-corrected chi connectivity index (χ3v) is 7.13. The van der Waals surface area contributed by atoms with Gasteiger partial charge in [-0.2, -0.15) is 0 Å². The normalized spacial score (nSPS) is 36.9. The van der Waals surface area contributed by atoms with E-state index in [-0.39, 0.29) is 11.8 Å². The molecule has 0 saturated heterocycles. The van der Waals surface area contributed by atoms with Crippen LogP contribution >= 0.6 is 11.3 Å². The highest BCUT2D eigenvalue weighted by atomic mass is 32.1. The van der Waals surface area contributed by atoms with Gasteiger partial charge in [-0.05, 0) is 56.9 Å². The molecule has 1 aromatic heterocycles. The van der Waals surface area contributed by atoms with Gasteiger partial charge >= 0.3 is 0 Å². The maximum atomic E-state index is 12.2. The molecule has 0 aliphatic heterocycles. The third-order valence-electron chi connectivity index (χ3n) is 6.08. The maximum absolute atomic E-state index is 12.2. The van der Waals surface area contributed by atoms with Crippen LogP contribution in [0.1, 0.15) is 55.7 Å². The van der Waals surface area contributed by atoms with E-state index in [1.54, 1.807) is 11.3 Å². The Hall–Kier alpha value is -0.940. The number of carbonyl (C=O) groups is 1. The van der Waals surface area contributed by atoms with Gasteiger partial charge < -0.3 is 10.6 Å². The van der Waals surface area contributed by atoms with Crippen molar-refractivity contribution < 1.29 is 4.79 Å². The van der Waals surface area contributed by atoms with E-state index in [2.05, 4.69) is 15.6 Å². The predicted molar refractivity (Wildman–Crippen MR) is 89.1 cm³/mol. The highest BCUT2D eigenvalue weighted by molar-refractivity contribution is 7.15. The molecule has 1 atom stereocenters. The molecule has 22 heavy (non-hydrogen) atoms. The Labute approximate surface area is 136 Å². The molecule has 0 radical (unpaired) electrons. The van der Waals surface area contributed by atoms with Crippen LogP contribution in [0.2, 0.25) is 0 Å². The van der Waals surface area contributed by atoms with Crippen molar-refractivity contribution in [2.75, 3.05) is 12.4 Å². The van der Waals surface area contributed by atoms with Crippen molar-refractivity contribution >= 4 is 22.4 Å². The van der Waals surface area contributed by atoms with Crippen molar-refractivity contribution in [1.82, 2.24) is 10.3 Å².